The molecule has 84 valence electrons. The first-order valence-electron chi connectivity index (χ1n) is 4.95. The van der Waals surface area contributed by atoms with Crippen LogP contribution in [0.25, 0.3) is 5.52 Å². The molecular formula is C12H9N3O2. The Morgan fingerprint density at radius 1 is 1.53 bits per heavy atom. The molecule has 1 N–H and O–H groups in total. The second kappa shape index (κ2) is 4.10. The summed E-state index contributed by atoms with van der Waals surface area (Å²) in [6, 6.07) is 7.24. The van der Waals surface area contributed by atoms with Crippen LogP contribution >= 0.6 is 0 Å². The lowest BCUT2D eigenvalue weighted by molar-refractivity contribution is -0.114. The Morgan fingerprint density at radius 3 is 2.88 bits per heavy atom. The van der Waals surface area contributed by atoms with Crippen molar-refractivity contribution in [2.45, 2.75) is 6.92 Å². The molecular weight excluding hydrogens is 218 g/mol. The minimum absolute atomic E-state index is 0.265. The van der Waals surface area contributed by atoms with Gasteiger partial charge >= 0.3 is 0 Å². The highest BCUT2D eigenvalue weighted by atomic mass is 16.1. The van der Waals surface area contributed by atoms with E-state index < -0.39 is 0 Å². The third-order valence-electron chi connectivity index (χ3n) is 2.41. The number of carbonyl (C=O) groups excluding carboxylic acids is 2. The normalized spacial score (nSPS) is 9.88. The van der Waals surface area contributed by atoms with Crippen LogP contribution in [0.2, 0.25) is 0 Å². The van der Waals surface area contributed by atoms with Crippen molar-refractivity contribution in [1.29, 1.82) is 5.26 Å². The van der Waals surface area contributed by atoms with Crippen LogP contribution in [0.3, 0.4) is 0 Å². The first-order chi connectivity index (χ1) is 8.19. The third-order valence-corrected chi connectivity index (χ3v) is 2.41. The molecule has 0 aliphatic carbocycles. The minimum Gasteiger partial charge on any atom is -0.323 e. The molecule has 2 heterocycles. The summed E-state index contributed by atoms with van der Waals surface area (Å²) in [7, 11) is 0. The van der Waals surface area contributed by atoms with Gasteiger partial charge in [0, 0.05) is 13.1 Å². The number of nitriles is 1. The van der Waals surface area contributed by atoms with Crippen LogP contribution in [0.4, 0.5) is 5.69 Å². The molecule has 0 bridgehead atoms. The molecule has 5 nitrogen and oxygen atoms in total. The Hall–Kier alpha value is -2.61. The van der Waals surface area contributed by atoms with Gasteiger partial charge in [0.15, 0.2) is 6.29 Å². The van der Waals surface area contributed by atoms with Gasteiger partial charge in [-0.3, -0.25) is 9.59 Å². The molecule has 0 aromatic carbocycles. The van der Waals surface area contributed by atoms with E-state index in [2.05, 4.69) is 5.32 Å². The van der Waals surface area contributed by atoms with E-state index in [1.54, 1.807) is 28.8 Å². The SMILES string of the molecule is CC(=O)Nc1c(C#N)c2ccccn2c1C=O. The summed E-state index contributed by atoms with van der Waals surface area (Å²) in [5.74, 6) is -0.319. The minimum atomic E-state index is -0.319. The molecule has 0 atom stereocenters. The number of amides is 1. The zero-order valence-electron chi connectivity index (χ0n) is 9.10. The molecule has 0 saturated carbocycles. The summed E-state index contributed by atoms with van der Waals surface area (Å²) in [6.45, 7) is 1.33. The van der Waals surface area contributed by atoms with E-state index in [1.165, 1.54) is 6.92 Å². The summed E-state index contributed by atoms with van der Waals surface area (Å²) in [5, 5.41) is 11.6. The van der Waals surface area contributed by atoms with Crippen LogP contribution in [0, 0.1) is 11.3 Å². The second-order valence-electron chi connectivity index (χ2n) is 3.50. The number of carbonyl (C=O) groups is 2. The topological polar surface area (TPSA) is 74.4 Å². The fraction of sp³-hybridized carbons (Fsp3) is 0.0833. The molecule has 0 saturated heterocycles. The van der Waals surface area contributed by atoms with E-state index in [0.717, 1.165) is 0 Å². The van der Waals surface area contributed by atoms with Gasteiger partial charge in [0.2, 0.25) is 5.91 Å². The first-order valence-corrected chi connectivity index (χ1v) is 4.95. The maximum atomic E-state index is 11.1. The van der Waals surface area contributed by atoms with Crippen molar-refractivity contribution < 1.29 is 9.59 Å². The zero-order valence-corrected chi connectivity index (χ0v) is 9.10. The van der Waals surface area contributed by atoms with Crippen molar-refractivity contribution in [2.24, 2.45) is 0 Å². The van der Waals surface area contributed by atoms with Crippen molar-refractivity contribution in [2.75, 3.05) is 5.32 Å². The molecule has 0 spiro atoms. The van der Waals surface area contributed by atoms with E-state index in [9.17, 15) is 9.59 Å². The quantitative estimate of drug-likeness (QED) is 0.791. The summed E-state index contributed by atoms with van der Waals surface area (Å²) < 4.78 is 1.58. The number of hydrogen-bond donors (Lipinski definition) is 1. The molecule has 0 unspecified atom stereocenters. The standard InChI is InChI=1S/C12H9N3O2/c1-8(17)14-12-9(6-13)10-4-2-3-5-15(10)11(12)7-16/h2-5,7H,1H3,(H,14,17). The van der Waals surface area contributed by atoms with Gasteiger partial charge in [-0.1, -0.05) is 6.07 Å². The maximum absolute atomic E-state index is 11.1. The van der Waals surface area contributed by atoms with Gasteiger partial charge in [0.25, 0.3) is 0 Å². The number of pyridine rings is 1. The van der Waals surface area contributed by atoms with Crippen molar-refractivity contribution in [3.8, 4) is 6.07 Å². The second-order valence-corrected chi connectivity index (χ2v) is 3.50. The Labute approximate surface area is 97.3 Å². The molecule has 2 aromatic rings. The van der Waals surface area contributed by atoms with Crippen LogP contribution in [0.15, 0.2) is 24.4 Å². The van der Waals surface area contributed by atoms with E-state index in [1.807, 2.05) is 6.07 Å². The average molecular weight is 227 g/mol. The predicted molar refractivity (Wildman–Crippen MR) is 61.8 cm³/mol. The number of rotatable bonds is 2. The molecule has 2 rings (SSSR count). The zero-order chi connectivity index (χ0) is 12.4. The summed E-state index contributed by atoms with van der Waals surface area (Å²) in [4.78, 5) is 22.2. The molecule has 0 aliphatic rings. The highest BCUT2D eigenvalue weighted by molar-refractivity contribution is 6.00. The lowest BCUT2D eigenvalue weighted by atomic mass is 10.2. The van der Waals surface area contributed by atoms with Gasteiger partial charge < -0.3 is 9.72 Å². The summed E-state index contributed by atoms with van der Waals surface area (Å²) in [6.07, 6.45) is 2.30. The van der Waals surface area contributed by atoms with Crippen LogP contribution in [0.5, 0.6) is 0 Å². The maximum Gasteiger partial charge on any atom is 0.221 e. The van der Waals surface area contributed by atoms with Crippen LogP contribution in [-0.4, -0.2) is 16.6 Å². The number of fused-ring (bicyclic) bond motifs is 1. The fourth-order valence-electron chi connectivity index (χ4n) is 1.76. The number of hydrogen-bond acceptors (Lipinski definition) is 3. The smallest absolute Gasteiger partial charge is 0.221 e. The largest absolute Gasteiger partial charge is 0.323 e. The highest BCUT2D eigenvalue weighted by Gasteiger charge is 2.17. The molecule has 0 radical (unpaired) electrons. The van der Waals surface area contributed by atoms with Gasteiger partial charge in [0.05, 0.1) is 11.2 Å². The van der Waals surface area contributed by atoms with Crippen molar-refractivity contribution in [1.82, 2.24) is 4.40 Å². The number of nitrogens with zero attached hydrogens (tertiary/aromatic N) is 2. The lowest BCUT2D eigenvalue weighted by Gasteiger charge is -2.00. The van der Waals surface area contributed by atoms with Crippen molar-refractivity contribution >= 4 is 23.4 Å². The van der Waals surface area contributed by atoms with Crippen LogP contribution in [-0.2, 0) is 4.79 Å². The molecule has 2 aromatic heterocycles. The molecule has 0 fully saturated rings. The van der Waals surface area contributed by atoms with Gasteiger partial charge in [-0.25, -0.2) is 0 Å². The van der Waals surface area contributed by atoms with Gasteiger partial charge in [0.1, 0.15) is 17.3 Å². The highest BCUT2D eigenvalue weighted by Crippen LogP contribution is 2.26. The Morgan fingerprint density at radius 2 is 2.29 bits per heavy atom. The predicted octanol–water partition coefficient (Wildman–Crippen LogP) is 1.58. The number of nitrogens with one attached hydrogen (secondary N) is 1. The van der Waals surface area contributed by atoms with Crippen molar-refractivity contribution in [3.05, 3.63) is 35.7 Å². The van der Waals surface area contributed by atoms with E-state index in [0.29, 0.717) is 17.4 Å². The summed E-state index contributed by atoms with van der Waals surface area (Å²) in [5.41, 5.74) is 1.43. The average Bonchev–Trinajstić information content (AvgIpc) is 2.60. The van der Waals surface area contributed by atoms with Crippen LogP contribution < -0.4 is 5.32 Å². The first kappa shape index (κ1) is 10.9. The summed E-state index contributed by atoms with van der Waals surface area (Å²) >= 11 is 0. The number of aldehydes is 1. The monoisotopic (exact) mass is 227 g/mol. The van der Waals surface area contributed by atoms with E-state index in [4.69, 9.17) is 5.26 Å². The Bertz CT molecular complexity index is 650. The van der Waals surface area contributed by atoms with Gasteiger partial charge in [-0.2, -0.15) is 5.26 Å². The Kier molecular flexibility index (Phi) is 2.63. The van der Waals surface area contributed by atoms with Crippen molar-refractivity contribution in [3.63, 3.8) is 0 Å². The lowest BCUT2D eigenvalue weighted by Crippen LogP contribution is -2.08. The fourth-order valence-corrected chi connectivity index (χ4v) is 1.76. The van der Waals surface area contributed by atoms with Gasteiger partial charge in [-0.15, -0.1) is 0 Å². The molecule has 1 amide bonds. The number of anilines is 1. The van der Waals surface area contributed by atoms with Crippen LogP contribution in [0.1, 0.15) is 23.0 Å². The van der Waals surface area contributed by atoms with Gasteiger partial charge in [-0.05, 0) is 12.1 Å². The van der Waals surface area contributed by atoms with E-state index >= 15 is 0 Å². The number of aromatic nitrogens is 1. The van der Waals surface area contributed by atoms with E-state index in [-0.39, 0.29) is 17.3 Å². The molecule has 0 aliphatic heterocycles. The molecule has 5 heteroatoms. The third kappa shape index (κ3) is 1.66. The molecule has 17 heavy (non-hydrogen) atoms. The Balaban J connectivity index is 2.84.